The van der Waals surface area contributed by atoms with Crippen LogP contribution in [-0.4, -0.2) is 98.4 Å². The molecule has 4 aromatic carbocycles. The van der Waals surface area contributed by atoms with Gasteiger partial charge in [0.2, 0.25) is 0 Å². The molecule has 0 radical (unpaired) electrons. The van der Waals surface area contributed by atoms with Gasteiger partial charge in [0.15, 0.2) is 6.10 Å². The highest BCUT2D eigenvalue weighted by atomic mass is 32.1. The van der Waals surface area contributed by atoms with Crippen molar-refractivity contribution >= 4 is 57.6 Å². The van der Waals surface area contributed by atoms with Gasteiger partial charge in [0.05, 0.1) is 58.6 Å². The molecule has 70 heavy (non-hydrogen) atoms. The first-order chi connectivity index (χ1) is 33.7. The summed E-state index contributed by atoms with van der Waals surface area (Å²) in [5, 5.41) is 0.974. The van der Waals surface area contributed by atoms with Crippen molar-refractivity contribution in [2.75, 3.05) is 39.6 Å². The maximum absolute atomic E-state index is 13.6. The molecule has 0 aliphatic heterocycles. The van der Waals surface area contributed by atoms with Crippen molar-refractivity contribution in [3.05, 3.63) is 144 Å². The second-order valence-corrected chi connectivity index (χ2v) is 17.8. The van der Waals surface area contributed by atoms with E-state index in [2.05, 4.69) is 20.1 Å². The van der Waals surface area contributed by atoms with Gasteiger partial charge in [0.25, 0.3) is 0 Å². The molecule has 2 atom stereocenters. The lowest BCUT2D eigenvalue weighted by Crippen LogP contribution is -2.30. The number of esters is 5. The van der Waals surface area contributed by atoms with Gasteiger partial charge in [-0.2, -0.15) is 0 Å². The first kappa shape index (κ1) is 53.8. The molecule has 0 aliphatic rings. The number of aromatic nitrogens is 1. The number of unbranched alkanes of at least 4 members (excludes halogenated alkanes) is 1. The fourth-order valence-electron chi connectivity index (χ4n) is 6.44. The van der Waals surface area contributed by atoms with Crippen LogP contribution in [0.4, 0.5) is 0 Å². The van der Waals surface area contributed by atoms with E-state index in [-0.39, 0.29) is 62.4 Å². The zero-order valence-corrected chi connectivity index (χ0v) is 40.9. The molecule has 1 aromatic heterocycles. The Morgan fingerprint density at radius 1 is 0.757 bits per heavy atom. The summed E-state index contributed by atoms with van der Waals surface area (Å²) in [6, 6.07) is 26.4. The van der Waals surface area contributed by atoms with Crippen LogP contribution in [0.5, 0.6) is 17.2 Å². The molecule has 16 heteroatoms. The van der Waals surface area contributed by atoms with Crippen LogP contribution in [0.1, 0.15) is 90.2 Å². The molecule has 2 unspecified atom stereocenters. The zero-order chi connectivity index (χ0) is 50.3. The molecule has 0 aliphatic carbocycles. The van der Waals surface area contributed by atoms with Crippen molar-refractivity contribution in [3.8, 4) is 17.2 Å². The molecule has 0 bridgehead atoms. The van der Waals surface area contributed by atoms with Crippen LogP contribution in [0, 0.1) is 0 Å². The van der Waals surface area contributed by atoms with Crippen LogP contribution in [0.2, 0.25) is 0 Å². The summed E-state index contributed by atoms with van der Waals surface area (Å²) in [4.78, 5) is 71.5. The van der Waals surface area contributed by atoms with Crippen molar-refractivity contribution in [1.82, 2.24) is 4.98 Å². The predicted octanol–water partition coefficient (Wildman–Crippen LogP) is 9.47. The van der Waals surface area contributed by atoms with Gasteiger partial charge in [-0.1, -0.05) is 38.3 Å². The van der Waals surface area contributed by atoms with Crippen LogP contribution in [0.3, 0.4) is 0 Å². The van der Waals surface area contributed by atoms with E-state index in [9.17, 15) is 24.0 Å². The number of carbonyl (C=O) groups is 5. The van der Waals surface area contributed by atoms with Gasteiger partial charge < -0.3 is 37.9 Å². The predicted molar refractivity (Wildman–Crippen MR) is 266 cm³/mol. The SMILES string of the molecule is C=CC(=O)OCCCCOCC(COc1ccc(C(=O)Oc2ccc(CCOC(=O)c3ccc(OC(C)(C)C)cc3)cc2/C=N/C(CC)Cc2nc3ccccc3s2)cc1)OC(=O)CCOC(=O)C=C. The van der Waals surface area contributed by atoms with Crippen LogP contribution in [0.15, 0.2) is 121 Å². The molecule has 0 amide bonds. The molecular weight excluding hydrogens is 917 g/mol. The summed E-state index contributed by atoms with van der Waals surface area (Å²) in [7, 11) is 0. The van der Waals surface area contributed by atoms with Gasteiger partial charge in [-0.3, -0.25) is 9.79 Å². The molecule has 5 aromatic rings. The average molecular weight is 977 g/mol. The highest BCUT2D eigenvalue weighted by molar-refractivity contribution is 7.18. The van der Waals surface area contributed by atoms with Gasteiger partial charge >= 0.3 is 29.8 Å². The zero-order valence-electron chi connectivity index (χ0n) is 40.1. The van der Waals surface area contributed by atoms with Gasteiger partial charge in [0.1, 0.15) is 36.1 Å². The van der Waals surface area contributed by atoms with E-state index in [1.54, 1.807) is 72.1 Å². The molecule has 5 rings (SSSR count). The molecule has 15 nitrogen and oxygen atoms in total. The van der Waals surface area contributed by atoms with E-state index in [4.69, 9.17) is 47.9 Å². The Labute approximate surface area is 412 Å². The summed E-state index contributed by atoms with van der Waals surface area (Å²) in [5.41, 5.74) is 2.62. The van der Waals surface area contributed by atoms with Crippen molar-refractivity contribution in [1.29, 1.82) is 0 Å². The summed E-state index contributed by atoms with van der Waals surface area (Å²) in [5.74, 6) is -1.57. The van der Waals surface area contributed by atoms with Crippen LogP contribution < -0.4 is 14.2 Å². The number of hydrogen-bond donors (Lipinski definition) is 0. The standard InChI is InChI=1S/C54H60N2O13S/c1-7-41(33-48-56-45-14-10-11-15-47(45)70-48)55-34-40-32-37(26-30-65-52(60)38-19-23-43(24-20-38)69-54(4,5)6)16-25-46(40)68-53(61)39-17-21-42(22-18-39)66-36-44(67-51(59)27-31-64-50(58)9-3)35-62-28-12-13-29-63-49(57)8-2/h8-11,14-25,32,34,41,44H,2-3,7,12-13,26-31,33,35-36H2,1,4-6H3/b55-34+. The summed E-state index contributed by atoms with van der Waals surface area (Å²) in [6.07, 6.45) is 5.67. The van der Waals surface area contributed by atoms with Crippen molar-refractivity contribution in [2.45, 2.75) is 84.0 Å². The monoisotopic (exact) mass is 976 g/mol. The fourth-order valence-corrected chi connectivity index (χ4v) is 7.48. The molecule has 0 spiro atoms. The molecule has 0 N–H and O–H groups in total. The van der Waals surface area contributed by atoms with Gasteiger partial charge in [-0.15, -0.1) is 11.3 Å². The summed E-state index contributed by atoms with van der Waals surface area (Å²) >= 11 is 1.64. The third-order valence-electron chi connectivity index (χ3n) is 10.00. The third-order valence-corrected chi connectivity index (χ3v) is 11.1. The van der Waals surface area contributed by atoms with Crippen LogP contribution in [-0.2, 0) is 50.9 Å². The van der Waals surface area contributed by atoms with Crippen molar-refractivity contribution in [3.63, 3.8) is 0 Å². The number of benzene rings is 4. The lowest BCUT2D eigenvalue weighted by molar-refractivity contribution is -0.156. The highest BCUT2D eigenvalue weighted by Gasteiger charge is 2.19. The van der Waals surface area contributed by atoms with E-state index in [1.165, 1.54) is 0 Å². The largest absolute Gasteiger partial charge is 0.490 e. The highest BCUT2D eigenvalue weighted by Crippen LogP contribution is 2.26. The van der Waals surface area contributed by atoms with E-state index >= 15 is 0 Å². The molecule has 1 heterocycles. The first-order valence-electron chi connectivity index (χ1n) is 23.0. The lowest BCUT2D eigenvalue weighted by atomic mass is 10.1. The Kier molecular flexibility index (Phi) is 21.3. The third kappa shape index (κ3) is 18.7. The molecule has 0 saturated heterocycles. The molecule has 0 saturated carbocycles. The summed E-state index contributed by atoms with van der Waals surface area (Å²) < 4.78 is 45.6. The Morgan fingerprint density at radius 2 is 1.43 bits per heavy atom. The number of ether oxygens (including phenoxy) is 8. The van der Waals surface area contributed by atoms with E-state index in [1.807, 2.05) is 57.2 Å². The minimum Gasteiger partial charge on any atom is -0.490 e. The van der Waals surface area contributed by atoms with Gasteiger partial charge in [-0.25, -0.2) is 24.2 Å². The second-order valence-electron chi connectivity index (χ2n) is 16.7. The number of nitrogens with zero attached hydrogens (tertiary/aromatic N) is 2. The number of hydrogen-bond acceptors (Lipinski definition) is 16. The van der Waals surface area contributed by atoms with Crippen LogP contribution in [0.25, 0.3) is 10.2 Å². The summed E-state index contributed by atoms with van der Waals surface area (Å²) in [6.45, 7) is 14.9. The Morgan fingerprint density at radius 3 is 2.11 bits per heavy atom. The number of para-hydroxylation sites is 1. The minimum atomic E-state index is -0.833. The smallest absolute Gasteiger partial charge is 0.343 e. The molecule has 370 valence electrons. The number of fused-ring (bicyclic) bond motifs is 1. The number of thiazole rings is 1. The Balaban J connectivity index is 1.23. The van der Waals surface area contributed by atoms with Crippen molar-refractivity contribution < 1.29 is 61.9 Å². The number of aliphatic imine (C=N–C) groups is 1. The molecule has 0 fully saturated rings. The minimum absolute atomic E-state index is 0.00577. The Hall–Kier alpha value is -7.17. The first-order valence-corrected chi connectivity index (χ1v) is 23.8. The fraction of sp³-hybridized carbons (Fsp3) is 0.352. The van der Waals surface area contributed by atoms with E-state index in [0.29, 0.717) is 54.9 Å². The second kappa shape index (κ2) is 27.7. The van der Waals surface area contributed by atoms with E-state index in [0.717, 1.165) is 39.4 Å². The maximum Gasteiger partial charge on any atom is 0.343 e. The Bertz CT molecular complexity index is 2530. The van der Waals surface area contributed by atoms with Crippen molar-refractivity contribution in [2.24, 2.45) is 4.99 Å². The number of carbonyl (C=O) groups excluding carboxylic acids is 5. The normalized spacial score (nSPS) is 12.1. The maximum atomic E-state index is 13.6. The lowest BCUT2D eigenvalue weighted by Gasteiger charge is -2.21. The number of rotatable bonds is 28. The van der Waals surface area contributed by atoms with Crippen LogP contribution >= 0.6 is 11.3 Å². The van der Waals surface area contributed by atoms with Gasteiger partial charge in [-0.05, 0) is 118 Å². The van der Waals surface area contributed by atoms with E-state index < -0.39 is 36.0 Å². The topological polar surface area (TPSA) is 184 Å². The quantitative estimate of drug-likeness (QED) is 0.0115. The van der Waals surface area contributed by atoms with Gasteiger partial charge in [0, 0.05) is 43.4 Å². The average Bonchev–Trinajstić information content (AvgIpc) is 3.76. The molecular formula is C54H60N2O13S.